The van der Waals surface area contributed by atoms with Crippen molar-refractivity contribution in [1.29, 1.82) is 0 Å². The monoisotopic (exact) mass is 271 g/mol. The quantitative estimate of drug-likeness (QED) is 0.481. The normalized spacial score (nSPS) is 13.8. The van der Waals surface area contributed by atoms with E-state index in [0.29, 0.717) is 17.7 Å². The highest BCUT2D eigenvalue weighted by molar-refractivity contribution is 5.91. The van der Waals surface area contributed by atoms with Gasteiger partial charge < -0.3 is 4.74 Å². The van der Waals surface area contributed by atoms with Crippen molar-refractivity contribution in [2.75, 3.05) is 0 Å². The van der Waals surface area contributed by atoms with Crippen molar-refractivity contribution < 1.29 is 9.53 Å². The number of carbonyl (C=O) groups excluding carboxylic acids is 1. The molecule has 2 aromatic heterocycles. The Labute approximate surface area is 115 Å². The van der Waals surface area contributed by atoms with Crippen LogP contribution in [0, 0.1) is 0 Å². The van der Waals surface area contributed by atoms with Crippen molar-refractivity contribution in [3.05, 3.63) is 36.4 Å². The Balaban J connectivity index is 1.82. The first kappa shape index (κ1) is 12.5. The standard InChI is InChI=1S/C13H13N5O2/c14-18-13(19)11-7-15-6-10(17-11)8-1-4-12(16-5-8)20-9-2-3-9/h1,4-7,9H,2-3,14H2,(H,18,19). The van der Waals surface area contributed by atoms with Gasteiger partial charge in [-0.2, -0.15) is 0 Å². The number of rotatable bonds is 4. The lowest BCUT2D eigenvalue weighted by molar-refractivity contribution is 0.0948. The van der Waals surface area contributed by atoms with E-state index in [1.807, 2.05) is 11.5 Å². The predicted molar refractivity (Wildman–Crippen MR) is 70.6 cm³/mol. The van der Waals surface area contributed by atoms with Crippen LogP contribution in [0.15, 0.2) is 30.7 Å². The molecule has 0 spiro atoms. The molecule has 1 aliphatic carbocycles. The Morgan fingerprint density at radius 3 is 2.80 bits per heavy atom. The third kappa shape index (κ3) is 2.72. The zero-order chi connectivity index (χ0) is 13.9. The molecule has 0 saturated heterocycles. The van der Waals surface area contributed by atoms with Crippen molar-refractivity contribution in [2.45, 2.75) is 18.9 Å². The van der Waals surface area contributed by atoms with Gasteiger partial charge in [0.15, 0.2) is 0 Å². The minimum Gasteiger partial charge on any atom is -0.474 e. The molecule has 7 nitrogen and oxygen atoms in total. The van der Waals surface area contributed by atoms with Crippen molar-refractivity contribution in [3.63, 3.8) is 0 Å². The summed E-state index contributed by atoms with van der Waals surface area (Å²) in [5.74, 6) is 5.18. The maximum absolute atomic E-state index is 11.4. The maximum Gasteiger partial charge on any atom is 0.285 e. The average molecular weight is 271 g/mol. The van der Waals surface area contributed by atoms with Gasteiger partial charge in [-0.05, 0) is 18.9 Å². The molecule has 1 aliphatic rings. The lowest BCUT2D eigenvalue weighted by atomic mass is 10.2. The summed E-state index contributed by atoms with van der Waals surface area (Å²) in [6.07, 6.45) is 7.04. The number of nitrogens with two attached hydrogens (primary N) is 1. The predicted octanol–water partition coefficient (Wildman–Crippen LogP) is 0.683. The van der Waals surface area contributed by atoms with Crippen LogP contribution in [-0.4, -0.2) is 27.0 Å². The number of hydrogen-bond donors (Lipinski definition) is 2. The highest BCUT2D eigenvalue weighted by atomic mass is 16.5. The molecule has 1 fully saturated rings. The molecule has 0 aromatic carbocycles. The van der Waals surface area contributed by atoms with Crippen LogP contribution >= 0.6 is 0 Å². The van der Waals surface area contributed by atoms with Crippen LogP contribution in [-0.2, 0) is 0 Å². The van der Waals surface area contributed by atoms with Gasteiger partial charge in [0.25, 0.3) is 5.91 Å². The van der Waals surface area contributed by atoms with Crippen LogP contribution in [0.4, 0.5) is 0 Å². The Kier molecular flexibility index (Phi) is 3.26. The fourth-order valence-electron chi connectivity index (χ4n) is 1.65. The highest BCUT2D eigenvalue weighted by Crippen LogP contribution is 2.26. The summed E-state index contributed by atoms with van der Waals surface area (Å²) in [5, 5.41) is 0. The molecule has 3 rings (SSSR count). The molecule has 3 N–H and O–H groups in total. The molecular weight excluding hydrogens is 258 g/mol. The summed E-state index contributed by atoms with van der Waals surface area (Å²) < 4.78 is 5.57. The van der Waals surface area contributed by atoms with Crippen molar-refractivity contribution >= 4 is 5.91 Å². The van der Waals surface area contributed by atoms with E-state index in [0.717, 1.165) is 18.4 Å². The summed E-state index contributed by atoms with van der Waals surface area (Å²) >= 11 is 0. The van der Waals surface area contributed by atoms with E-state index in [2.05, 4.69) is 15.0 Å². The molecule has 7 heteroatoms. The second-order valence-corrected chi connectivity index (χ2v) is 4.47. The molecule has 0 atom stereocenters. The van der Waals surface area contributed by atoms with Crippen LogP contribution < -0.4 is 16.0 Å². The van der Waals surface area contributed by atoms with Crippen LogP contribution in [0.2, 0.25) is 0 Å². The lowest BCUT2D eigenvalue weighted by Gasteiger charge is -2.05. The Hall–Kier alpha value is -2.54. The fraction of sp³-hybridized carbons (Fsp3) is 0.231. The van der Waals surface area contributed by atoms with Gasteiger partial charge in [-0.1, -0.05) is 0 Å². The van der Waals surface area contributed by atoms with Crippen molar-refractivity contribution in [1.82, 2.24) is 20.4 Å². The number of nitrogen functional groups attached to an aromatic ring is 1. The third-order valence-electron chi connectivity index (χ3n) is 2.84. The fourth-order valence-corrected chi connectivity index (χ4v) is 1.65. The van der Waals surface area contributed by atoms with Gasteiger partial charge in [0.1, 0.15) is 11.8 Å². The van der Waals surface area contributed by atoms with Crippen LogP contribution in [0.5, 0.6) is 5.88 Å². The number of nitrogens with one attached hydrogen (secondary N) is 1. The summed E-state index contributed by atoms with van der Waals surface area (Å²) in [4.78, 5) is 23.8. The molecule has 20 heavy (non-hydrogen) atoms. The van der Waals surface area contributed by atoms with Crippen molar-refractivity contribution in [2.24, 2.45) is 5.84 Å². The molecule has 2 aromatic rings. The first-order valence-electron chi connectivity index (χ1n) is 6.22. The van der Waals surface area contributed by atoms with E-state index in [1.165, 1.54) is 6.20 Å². The Bertz CT molecular complexity index is 625. The smallest absolute Gasteiger partial charge is 0.285 e. The molecule has 102 valence electrons. The number of hydrogen-bond acceptors (Lipinski definition) is 6. The molecular formula is C13H13N5O2. The van der Waals surface area contributed by atoms with Gasteiger partial charge in [0, 0.05) is 17.8 Å². The van der Waals surface area contributed by atoms with Gasteiger partial charge in [-0.3, -0.25) is 15.2 Å². The summed E-state index contributed by atoms with van der Waals surface area (Å²) in [6.45, 7) is 0. The molecule has 0 bridgehead atoms. The largest absolute Gasteiger partial charge is 0.474 e. The van der Waals surface area contributed by atoms with Gasteiger partial charge in [-0.25, -0.2) is 15.8 Å². The van der Waals surface area contributed by atoms with E-state index in [-0.39, 0.29) is 5.69 Å². The second-order valence-electron chi connectivity index (χ2n) is 4.47. The zero-order valence-electron chi connectivity index (χ0n) is 10.6. The van der Waals surface area contributed by atoms with Crippen LogP contribution in [0.1, 0.15) is 23.3 Å². The molecule has 1 amide bonds. The second kappa shape index (κ2) is 5.22. The minimum atomic E-state index is -0.485. The Morgan fingerprint density at radius 2 is 2.15 bits per heavy atom. The number of carbonyl (C=O) groups is 1. The first-order valence-corrected chi connectivity index (χ1v) is 6.22. The Morgan fingerprint density at radius 1 is 1.30 bits per heavy atom. The maximum atomic E-state index is 11.4. The van der Waals surface area contributed by atoms with Crippen molar-refractivity contribution in [3.8, 4) is 17.1 Å². The zero-order valence-corrected chi connectivity index (χ0v) is 10.6. The first-order chi connectivity index (χ1) is 9.76. The van der Waals surface area contributed by atoms with Gasteiger partial charge in [0.2, 0.25) is 5.88 Å². The number of hydrazine groups is 1. The minimum absolute atomic E-state index is 0.156. The van der Waals surface area contributed by atoms with Gasteiger partial charge in [0.05, 0.1) is 18.1 Å². The summed E-state index contributed by atoms with van der Waals surface area (Å²) in [5.41, 5.74) is 3.49. The van der Waals surface area contributed by atoms with Crippen LogP contribution in [0.3, 0.4) is 0 Å². The number of amides is 1. The molecule has 0 unspecified atom stereocenters. The van der Waals surface area contributed by atoms with Crippen LogP contribution in [0.25, 0.3) is 11.3 Å². The molecule has 2 heterocycles. The molecule has 1 saturated carbocycles. The molecule has 0 radical (unpaired) electrons. The number of aromatic nitrogens is 3. The van der Waals surface area contributed by atoms with E-state index in [4.69, 9.17) is 10.6 Å². The third-order valence-corrected chi connectivity index (χ3v) is 2.84. The summed E-state index contributed by atoms with van der Waals surface area (Å²) in [7, 11) is 0. The lowest BCUT2D eigenvalue weighted by Crippen LogP contribution is -2.30. The van der Waals surface area contributed by atoms with E-state index in [9.17, 15) is 4.79 Å². The number of pyridine rings is 1. The van der Waals surface area contributed by atoms with E-state index < -0.39 is 5.91 Å². The molecule has 0 aliphatic heterocycles. The van der Waals surface area contributed by atoms with E-state index >= 15 is 0 Å². The topological polar surface area (TPSA) is 103 Å². The highest BCUT2D eigenvalue weighted by Gasteiger charge is 2.23. The summed E-state index contributed by atoms with van der Waals surface area (Å²) in [6, 6.07) is 3.61. The van der Waals surface area contributed by atoms with E-state index in [1.54, 1.807) is 18.5 Å². The SMILES string of the molecule is NNC(=O)c1cncc(-c2ccc(OC3CC3)nc2)n1. The van der Waals surface area contributed by atoms with Gasteiger partial charge >= 0.3 is 0 Å². The average Bonchev–Trinajstić information content (AvgIpc) is 3.31. The number of nitrogens with zero attached hydrogens (tertiary/aromatic N) is 3. The number of ether oxygens (including phenoxy) is 1. The van der Waals surface area contributed by atoms with Gasteiger partial charge in [-0.15, -0.1) is 0 Å².